The highest BCUT2D eigenvalue weighted by Crippen LogP contribution is 2.10. The number of hydrogen-bond donors (Lipinski definition) is 2. The van der Waals surface area contributed by atoms with Crippen LogP contribution in [-0.4, -0.2) is 42.9 Å². The van der Waals surface area contributed by atoms with Crippen LogP contribution in [0, 0.1) is 5.92 Å². The molecule has 6 nitrogen and oxygen atoms in total. The van der Waals surface area contributed by atoms with E-state index in [0.29, 0.717) is 13.0 Å². The Morgan fingerprint density at radius 2 is 1.82 bits per heavy atom. The van der Waals surface area contributed by atoms with Crippen molar-refractivity contribution in [3.8, 4) is 0 Å². The highest BCUT2D eigenvalue weighted by molar-refractivity contribution is 5.76. The van der Waals surface area contributed by atoms with Crippen LogP contribution in [0.5, 0.6) is 0 Å². The third kappa shape index (κ3) is 9.55. The average molecular weight is 391 g/mol. The maximum absolute atomic E-state index is 12.5. The number of esters is 1. The van der Waals surface area contributed by atoms with E-state index < -0.39 is 17.7 Å². The molecule has 0 saturated carbocycles. The van der Waals surface area contributed by atoms with Gasteiger partial charge in [0.15, 0.2) is 0 Å². The molecule has 156 valence electrons. The van der Waals surface area contributed by atoms with Gasteiger partial charge in [0.1, 0.15) is 18.2 Å². The number of benzene rings is 1. The summed E-state index contributed by atoms with van der Waals surface area (Å²) in [5, 5.41) is 6.13. The van der Waals surface area contributed by atoms with Gasteiger partial charge in [0, 0.05) is 12.6 Å². The quantitative estimate of drug-likeness (QED) is 0.473. The number of amides is 1. The summed E-state index contributed by atoms with van der Waals surface area (Å²) < 4.78 is 10.6. The maximum Gasteiger partial charge on any atom is 0.407 e. The lowest BCUT2D eigenvalue weighted by molar-refractivity contribution is -0.144. The van der Waals surface area contributed by atoms with E-state index >= 15 is 0 Å². The Labute approximate surface area is 168 Å². The van der Waals surface area contributed by atoms with Gasteiger partial charge in [-0.05, 0) is 38.7 Å². The van der Waals surface area contributed by atoms with Gasteiger partial charge >= 0.3 is 12.1 Å². The molecule has 1 unspecified atom stereocenters. The van der Waals surface area contributed by atoms with Gasteiger partial charge in [0.2, 0.25) is 0 Å². The molecule has 0 bridgehead atoms. The standard InChI is InChI=1S/C22H34N2O4/c1-7-13-27-20(25)18(14-17-11-9-8-10-12-17)23-15-19(16(2)3)24-21(26)28-22(4,5)6/h7-12,16,18-19,23H,1,13-15H2,2-6H3,(H,24,26)/t18?,19-/m1/s1. The minimum absolute atomic E-state index is 0.154. The largest absolute Gasteiger partial charge is 0.460 e. The third-order valence-corrected chi connectivity index (χ3v) is 4.00. The zero-order valence-electron chi connectivity index (χ0n) is 17.7. The number of carbonyl (C=O) groups is 2. The Morgan fingerprint density at radius 3 is 2.36 bits per heavy atom. The highest BCUT2D eigenvalue weighted by Gasteiger charge is 2.25. The number of alkyl carbamates (subject to hydrolysis) is 1. The fourth-order valence-electron chi connectivity index (χ4n) is 2.51. The number of nitrogens with one attached hydrogen (secondary N) is 2. The van der Waals surface area contributed by atoms with Crippen LogP contribution in [0.2, 0.25) is 0 Å². The SMILES string of the molecule is C=CCOC(=O)C(Cc1ccccc1)NC[C@@H](NC(=O)OC(C)(C)C)C(C)C. The molecule has 2 N–H and O–H groups in total. The molecule has 1 aromatic carbocycles. The molecule has 28 heavy (non-hydrogen) atoms. The molecule has 0 aliphatic carbocycles. The van der Waals surface area contributed by atoms with Crippen LogP contribution in [0.4, 0.5) is 4.79 Å². The molecule has 0 heterocycles. The smallest absolute Gasteiger partial charge is 0.407 e. The fourth-order valence-corrected chi connectivity index (χ4v) is 2.51. The van der Waals surface area contributed by atoms with E-state index in [9.17, 15) is 9.59 Å². The molecule has 0 fully saturated rings. The van der Waals surface area contributed by atoms with Gasteiger partial charge in [-0.15, -0.1) is 0 Å². The number of ether oxygens (including phenoxy) is 2. The van der Waals surface area contributed by atoms with Crippen molar-refractivity contribution in [1.82, 2.24) is 10.6 Å². The van der Waals surface area contributed by atoms with Gasteiger partial charge in [-0.3, -0.25) is 4.79 Å². The second-order valence-electron chi connectivity index (χ2n) is 8.07. The molecule has 0 saturated heterocycles. The average Bonchev–Trinajstić information content (AvgIpc) is 2.61. The Kier molecular flexibility index (Phi) is 9.73. The van der Waals surface area contributed by atoms with Crippen molar-refractivity contribution in [2.24, 2.45) is 5.92 Å². The zero-order chi connectivity index (χ0) is 21.2. The second-order valence-corrected chi connectivity index (χ2v) is 8.07. The minimum Gasteiger partial charge on any atom is -0.460 e. The van der Waals surface area contributed by atoms with Crippen LogP contribution in [-0.2, 0) is 20.7 Å². The summed E-state index contributed by atoms with van der Waals surface area (Å²) in [7, 11) is 0. The van der Waals surface area contributed by atoms with Gasteiger partial charge in [-0.2, -0.15) is 0 Å². The van der Waals surface area contributed by atoms with Gasteiger partial charge in [-0.25, -0.2) is 4.79 Å². The van der Waals surface area contributed by atoms with Gasteiger partial charge in [0.25, 0.3) is 0 Å². The Balaban J connectivity index is 2.76. The Morgan fingerprint density at radius 1 is 1.18 bits per heavy atom. The molecule has 0 radical (unpaired) electrons. The van der Waals surface area contributed by atoms with Crippen molar-refractivity contribution in [3.63, 3.8) is 0 Å². The lowest BCUT2D eigenvalue weighted by Gasteiger charge is -2.27. The van der Waals surface area contributed by atoms with E-state index in [-0.39, 0.29) is 24.5 Å². The first-order chi connectivity index (χ1) is 13.1. The van der Waals surface area contributed by atoms with Crippen molar-refractivity contribution >= 4 is 12.1 Å². The first-order valence-electron chi connectivity index (χ1n) is 9.66. The van der Waals surface area contributed by atoms with Crippen LogP contribution < -0.4 is 10.6 Å². The summed E-state index contributed by atoms with van der Waals surface area (Å²) in [5.41, 5.74) is 0.459. The first-order valence-corrected chi connectivity index (χ1v) is 9.66. The van der Waals surface area contributed by atoms with E-state index in [1.165, 1.54) is 0 Å². The van der Waals surface area contributed by atoms with E-state index in [1.807, 2.05) is 65.0 Å². The van der Waals surface area contributed by atoms with Crippen LogP contribution in [0.15, 0.2) is 43.0 Å². The lowest BCUT2D eigenvalue weighted by Crippen LogP contribution is -2.51. The van der Waals surface area contributed by atoms with Crippen molar-refractivity contribution in [2.45, 2.75) is 58.7 Å². The summed E-state index contributed by atoms with van der Waals surface area (Å²) >= 11 is 0. The highest BCUT2D eigenvalue weighted by atomic mass is 16.6. The molecule has 0 spiro atoms. The van der Waals surface area contributed by atoms with E-state index in [4.69, 9.17) is 9.47 Å². The van der Waals surface area contributed by atoms with Crippen LogP contribution in [0.1, 0.15) is 40.2 Å². The maximum atomic E-state index is 12.5. The fraction of sp³-hybridized carbons (Fsp3) is 0.545. The molecule has 1 amide bonds. The summed E-state index contributed by atoms with van der Waals surface area (Å²) in [6, 6.07) is 9.01. The van der Waals surface area contributed by atoms with Crippen LogP contribution >= 0.6 is 0 Å². The molecule has 2 atom stereocenters. The monoisotopic (exact) mass is 390 g/mol. The predicted octanol–water partition coefficient (Wildman–Crippen LogP) is 3.47. The summed E-state index contributed by atoms with van der Waals surface area (Å²) in [4.78, 5) is 24.6. The molecule has 0 aromatic heterocycles. The lowest BCUT2D eigenvalue weighted by atomic mass is 10.0. The summed E-state index contributed by atoms with van der Waals surface area (Å²) in [5.74, 6) is -0.190. The Hall–Kier alpha value is -2.34. The van der Waals surface area contributed by atoms with Gasteiger partial charge in [-0.1, -0.05) is 56.8 Å². The van der Waals surface area contributed by atoms with E-state index in [2.05, 4.69) is 17.2 Å². The van der Waals surface area contributed by atoms with E-state index in [0.717, 1.165) is 5.56 Å². The van der Waals surface area contributed by atoms with Crippen molar-refractivity contribution < 1.29 is 19.1 Å². The van der Waals surface area contributed by atoms with Gasteiger partial charge < -0.3 is 20.1 Å². The normalized spacial score (nSPS) is 13.5. The Bertz CT molecular complexity index is 623. The molecular formula is C22H34N2O4. The number of rotatable bonds is 10. The predicted molar refractivity (Wildman–Crippen MR) is 111 cm³/mol. The van der Waals surface area contributed by atoms with E-state index in [1.54, 1.807) is 6.08 Å². The third-order valence-electron chi connectivity index (χ3n) is 4.00. The van der Waals surface area contributed by atoms with Crippen LogP contribution in [0.3, 0.4) is 0 Å². The summed E-state index contributed by atoms with van der Waals surface area (Å²) in [6.07, 6.45) is 1.56. The second kappa shape index (κ2) is 11.5. The molecule has 6 heteroatoms. The molecule has 1 aromatic rings. The molecule has 0 aliphatic rings. The molecular weight excluding hydrogens is 356 g/mol. The first kappa shape index (κ1) is 23.7. The number of carbonyl (C=O) groups excluding carboxylic acids is 2. The van der Waals surface area contributed by atoms with Crippen molar-refractivity contribution in [3.05, 3.63) is 48.6 Å². The minimum atomic E-state index is -0.566. The number of hydrogen-bond acceptors (Lipinski definition) is 5. The van der Waals surface area contributed by atoms with Gasteiger partial charge in [0.05, 0.1) is 0 Å². The summed E-state index contributed by atoms with van der Waals surface area (Å²) in [6.45, 7) is 13.6. The molecule has 1 rings (SSSR count). The van der Waals surface area contributed by atoms with Crippen LogP contribution in [0.25, 0.3) is 0 Å². The molecule has 0 aliphatic heterocycles. The topological polar surface area (TPSA) is 76.7 Å². The van der Waals surface area contributed by atoms with Crippen molar-refractivity contribution in [1.29, 1.82) is 0 Å². The van der Waals surface area contributed by atoms with Crippen molar-refractivity contribution in [2.75, 3.05) is 13.2 Å². The zero-order valence-corrected chi connectivity index (χ0v) is 17.7.